The number of rotatable bonds is 6. The molecule has 0 unspecified atom stereocenters. The second kappa shape index (κ2) is 9.55. The molecule has 5 rings (SSSR count). The molecular weight excluding hydrogens is 432 g/mol. The first kappa shape index (κ1) is 22.5. The molecule has 1 aromatic heterocycles. The van der Waals surface area contributed by atoms with Crippen molar-refractivity contribution in [3.05, 3.63) is 47.0 Å². The quantitative estimate of drug-likeness (QED) is 0.665. The number of hydrogen-bond donors (Lipinski definition) is 1. The molecule has 3 heterocycles. The van der Waals surface area contributed by atoms with E-state index in [2.05, 4.69) is 39.6 Å². The van der Waals surface area contributed by atoms with Crippen LogP contribution >= 0.6 is 11.8 Å². The van der Waals surface area contributed by atoms with Crippen molar-refractivity contribution in [2.75, 3.05) is 60.8 Å². The Labute approximate surface area is 201 Å². The van der Waals surface area contributed by atoms with Gasteiger partial charge in [0.2, 0.25) is 0 Å². The number of morpholine rings is 1. The van der Waals surface area contributed by atoms with Crippen LogP contribution in [0, 0.1) is 12.3 Å². The highest BCUT2D eigenvalue weighted by molar-refractivity contribution is 7.97. The molecule has 176 valence electrons. The van der Waals surface area contributed by atoms with Crippen molar-refractivity contribution in [1.29, 1.82) is 0 Å². The molecule has 1 spiro atoms. The summed E-state index contributed by atoms with van der Waals surface area (Å²) >= 11 is 1.81. The number of aromatic nitrogens is 1. The fourth-order valence-electron chi connectivity index (χ4n) is 5.04. The van der Waals surface area contributed by atoms with E-state index in [-0.39, 0.29) is 5.91 Å². The van der Waals surface area contributed by atoms with E-state index in [1.54, 1.807) is 0 Å². The summed E-state index contributed by atoms with van der Waals surface area (Å²) in [6.45, 7) is 7.17. The number of carbonyl (C=O) groups excluding carboxylic acids is 1. The fourth-order valence-corrected chi connectivity index (χ4v) is 5.55. The van der Waals surface area contributed by atoms with Crippen LogP contribution in [0.3, 0.4) is 0 Å². The Morgan fingerprint density at radius 1 is 1.06 bits per heavy atom. The molecule has 3 fully saturated rings. The lowest BCUT2D eigenvalue weighted by Gasteiger charge is -2.35. The first-order valence-corrected chi connectivity index (χ1v) is 13.4. The summed E-state index contributed by atoms with van der Waals surface area (Å²) in [6, 6.07) is 10.3. The predicted molar refractivity (Wildman–Crippen MR) is 137 cm³/mol. The standard InChI is InChI=1S/C26H34N4O2S/c1-19-15-23(27-24(16-19)30-11-13-32-14-12-30)28-25(31)21-4-3-20(18-33-2)17-22(21)29-9-7-26(5-6-26)8-10-29/h3-4,15-17H,5-14,18H2,1-2H3,(H,27,28,31). The van der Waals surface area contributed by atoms with Crippen LogP contribution in [0.4, 0.5) is 17.3 Å². The molecule has 2 saturated heterocycles. The summed E-state index contributed by atoms with van der Waals surface area (Å²) in [7, 11) is 0. The van der Waals surface area contributed by atoms with E-state index in [9.17, 15) is 4.79 Å². The number of anilines is 3. The Kier molecular flexibility index (Phi) is 6.52. The lowest BCUT2D eigenvalue weighted by Crippen LogP contribution is -2.37. The Bertz CT molecular complexity index is 1010. The van der Waals surface area contributed by atoms with Crippen LogP contribution in [-0.2, 0) is 10.5 Å². The van der Waals surface area contributed by atoms with Gasteiger partial charge in [0.1, 0.15) is 11.6 Å². The Morgan fingerprint density at radius 3 is 2.52 bits per heavy atom. The molecule has 7 heteroatoms. The molecule has 1 N–H and O–H groups in total. The molecular formula is C26H34N4O2S. The second-order valence-corrected chi connectivity index (χ2v) is 10.6. The molecule has 1 aromatic carbocycles. The number of piperidine rings is 1. The average molecular weight is 467 g/mol. The van der Waals surface area contributed by atoms with Gasteiger partial charge in [0.15, 0.2) is 0 Å². The maximum Gasteiger partial charge on any atom is 0.258 e. The third-order valence-electron chi connectivity index (χ3n) is 7.27. The number of nitrogens with one attached hydrogen (secondary N) is 1. The van der Waals surface area contributed by atoms with Crippen molar-refractivity contribution >= 4 is 35.0 Å². The minimum absolute atomic E-state index is 0.0848. The number of ether oxygens (including phenoxy) is 1. The van der Waals surface area contributed by atoms with Crippen molar-refractivity contribution in [2.45, 2.75) is 38.4 Å². The number of amides is 1. The first-order valence-electron chi connectivity index (χ1n) is 12.0. The molecule has 1 saturated carbocycles. The van der Waals surface area contributed by atoms with Crippen LogP contribution in [0.2, 0.25) is 0 Å². The average Bonchev–Trinajstić information content (AvgIpc) is 3.58. The largest absolute Gasteiger partial charge is 0.378 e. The lowest BCUT2D eigenvalue weighted by molar-refractivity contribution is 0.102. The maximum atomic E-state index is 13.5. The van der Waals surface area contributed by atoms with E-state index in [1.807, 2.05) is 30.8 Å². The third-order valence-corrected chi connectivity index (χ3v) is 7.89. The molecule has 0 atom stereocenters. The number of pyridine rings is 1. The monoisotopic (exact) mass is 466 g/mol. The van der Waals surface area contributed by atoms with Gasteiger partial charge in [-0.05, 0) is 79.7 Å². The summed E-state index contributed by atoms with van der Waals surface area (Å²) < 4.78 is 5.47. The third kappa shape index (κ3) is 5.14. The van der Waals surface area contributed by atoms with Crippen molar-refractivity contribution in [2.24, 2.45) is 5.41 Å². The van der Waals surface area contributed by atoms with Gasteiger partial charge in [-0.3, -0.25) is 4.79 Å². The second-order valence-electron chi connectivity index (χ2n) is 9.71. The highest BCUT2D eigenvalue weighted by atomic mass is 32.2. The van der Waals surface area contributed by atoms with E-state index < -0.39 is 0 Å². The van der Waals surface area contributed by atoms with Gasteiger partial charge in [-0.2, -0.15) is 11.8 Å². The smallest absolute Gasteiger partial charge is 0.258 e. The Balaban J connectivity index is 1.38. The van der Waals surface area contributed by atoms with Gasteiger partial charge < -0.3 is 19.9 Å². The normalized spacial score (nSPS) is 19.6. The van der Waals surface area contributed by atoms with Gasteiger partial charge in [-0.25, -0.2) is 4.98 Å². The van der Waals surface area contributed by atoms with Gasteiger partial charge >= 0.3 is 0 Å². The Morgan fingerprint density at radius 2 is 1.82 bits per heavy atom. The van der Waals surface area contributed by atoms with Crippen LogP contribution < -0.4 is 15.1 Å². The summed E-state index contributed by atoms with van der Waals surface area (Å²) in [6.07, 6.45) is 7.36. The van der Waals surface area contributed by atoms with Gasteiger partial charge in [0.25, 0.3) is 5.91 Å². The topological polar surface area (TPSA) is 57.7 Å². The van der Waals surface area contributed by atoms with E-state index in [1.165, 1.54) is 31.2 Å². The van der Waals surface area contributed by atoms with Crippen LogP contribution in [0.1, 0.15) is 47.2 Å². The number of nitrogens with zero attached hydrogens (tertiary/aromatic N) is 3. The molecule has 1 aliphatic carbocycles. The first-order chi connectivity index (χ1) is 16.0. The minimum atomic E-state index is -0.0848. The molecule has 33 heavy (non-hydrogen) atoms. The number of hydrogen-bond acceptors (Lipinski definition) is 6. The molecule has 1 amide bonds. The SMILES string of the molecule is CSCc1ccc(C(=O)Nc2cc(C)cc(N3CCOCC3)n2)c(N2CCC3(CC2)CC3)c1. The summed E-state index contributed by atoms with van der Waals surface area (Å²) in [5, 5.41) is 3.10. The van der Waals surface area contributed by atoms with Gasteiger partial charge in [-0.1, -0.05) is 6.07 Å². The van der Waals surface area contributed by atoms with Crippen molar-refractivity contribution < 1.29 is 9.53 Å². The molecule has 0 radical (unpaired) electrons. The zero-order valence-electron chi connectivity index (χ0n) is 19.7. The number of carbonyl (C=O) groups is 1. The van der Waals surface area contributed by atoms with Gasteiger partial charge in [0.05, 0.1) is 18.8 Å². The van der Waals surface area contributed by atoms with E-state index >= 15 is 0 Å². The van der Waals surface area contributed by atoms with Crippen molar-refractivity contribution in [1.82, 2.24) is 4.98 Å². The predicted octanol–water partition coefficient (Wildman–Crippen LogP) is 4.72. The lowest BCUT2D eigenvalue weighted by atomic mass is 9.92. The molecule has 2 aliphatic heterocycles. The molecule has 3 aliphatic rings. The van der Waals surface area contributed by atoms with Crippen LogP contribution in [-0.4, -0.2) is 56.5 Å². The number of benzene rings is 1. The van der Waals surface area contributed by atoms with Crippen LogP contribution in [0.15, 0.2) is 30.3 Å². The molecule has 0 bridgehead atoms. The van der Waals surface area contributed by atoms with Crippen LogP contribution in [0.5, 0.6) is 0 Å². The fraction of sp³-hybridized carbons (Fsp3) is 0.538. The molecule has 6 nitrogen and oxygen atoms in total. The van der Waals surface area contributed by atoms with Crippen molar-refractivity contribution in [3.8, 4) is 0 Å². The highest BCUT2D eigenvalue weighted by Crippen LogP contribution is 2.54. The Hall–Kier alpha value is -2.25. The van der Waals surface area contributed by atoms with Crippen LogP contribution in [0.25, 0.3) is 0 Å². The van der Waals surface area contributed by atoms with Gasteiger partial charge in [0, 0.05) is 37.6 Å². The van der Waals surface area contributed by atoms with E-state index in [0.29, 0.717) is 24.4 Å². The zero-order chi connectivity index (χ0) is 22.8. The minimum Gasteiger partial charge on any atom is -0.378 e. The van der Waals surface area contributed by atoms with E-state index in [4.69, 9.17) is 9.72 Å². The summed E-state index contributed by atoms with van der Waals surface area (Å²) in [5.41, 5.74) is 4.77. The van der Waals surface area contributed by atoms with Crippen molar-refractivity contribution in [3.63, 3.8) is 0 Å². The van der Waals surface area contributed by atoms with E-state index in [0.717, 1.165) is 54.6 Å². The summed E-state index contributed by atoms with van der Waals surface area (Å²) in [4.78, 5) is 22.9. The highest BCUT2D eigenvalue weighted by Gasteiger charge is 2.44. The van der Waals surface area contributed by atoms with Gasteiger partial charge in [-0.15, -0.1) is 0 Å². The molecule has 2 aromatic rings. The number of aryl methyl sites for hydroxylation is 1. The summed E-state index contributed by atoms with van der Waals surface area (Å²) in [5.74, 6) is 2.37. The zero-order valence-corrected chi connectivity index (χ0v) is 20.5. The maximum absolute atomic E-state index is 13.5. The number of thioether (sulfide) groups is 1.